The van der Waals surface area contributed by atoms with Crippen molar-refractivity contribution in [1.29, 1.82) is 0 Å². The summed E-state index contributed by atoms with van der Waals surface area (Å²) >= 11 is 0. The molecule has 8 bridgehead atoms. The average Bonchev–Trinajstić information content (AvgIpc) is 1.61. The van der Waals surface area contributed by atoms with Gasteiger partial charge >= 0.3 is 19.5 Å². The third kappa shape index (κ3) is 14.5. The SMILES string of the molecule is Cc1cc(C)c(-c2ccc3ccc4ccc(-c5c(C)c(C)c(C#Cc6ccc(-c7c8nc(c(-c9c(C)cc(C)cc9C)c9ccc([n-]9)c(-c9ccc(C#Cc%10c(C)c(C)c(-c%11ccc%12ccc%13ccc(-c%14c(C)cc(C)cc%14C)nc%13c%12n%11)c(C)c%10C)cc9)c9nc(c(-c%10c(C)cc(C)cc%10C)c%10ccc7[n-]%10)C=C9)C=C8)cc6)c(C)c5C)nc4c3n2)c(C)c1.[Zn+2]. The van der Waals surface area contributed by atoms with E-state index in [1.807, 2.05) is 0 Å². The Bertz CT molecular complexity index is 7330. The molecule has 9 heterocycles. The van der Waals surface area contributed by atoms with Gasteiger partial charge in [-0.1, -0.05) is 192 Å². The van der Waals surface area contributed by atoms with Crippen LogP contribution in [-0.4, -0.2) is 29.9 Å². The summed E-state index contributed by atoms with van der Waals surface area (Å²) in [5, 5.41) is 4.24. The molecule has 0 amide bonds. The average molecular weight is 1670 g/mol. The van der Waals surface area contributed by atoms with Gasteiger partial charge in [-0.15, -0.1) is 22.1 Å². The first-order valence-electron chi connectivity index (χ1n) is 42.9. The van der Waals surface area contributed by atoms with Gasteiger partial charge in [0.1, 0.15) is 0 Å². The number of pyridine rings is 4. The van der Waals surface area contributed by atoms with E-state index in [4.69, 9.17) is 39.9 Å². The third-order valence-electron chi connectivity index (χ3n) is 26.1. The van der Waals surface area contributed by atoms with Gasteiger partial charge < -0.3 is 9.97 Å². The number of hydrogen-bond donors (Lipinski definition) is 0. The minimum absolute atomic E-state index is 0. The fourth-order valence-corrected chi connectivity index (χ4v) is 20.1. The summed E-state index contributed by atoms with van der Waals surface area (Å²) in [4.78, 5) is 44.6. The number of fused-ring (bicyclic) bond motifs is 14. The zero-order valence-electron chi connectivity index (χ0n) is 75.1. The predicted octanol–water partition coefficient (Wildman–Crippen LogP) is 28.4. The minimum atomic E-state index is 0. The number of rotatable bonds is 8. The predicted molar refractivity (Wildman–Crippen MR) is 521 cm³/mol. The van der Waals surface area contributed by atoms with Gasteiger partial charge in [-0.05, 0) is 345 Å². The van der Waals surface area contributed by atoms with E-state index in [-0.39, 0.29) is 19.5 Å². The molecule has 0 spiro atoms. The maximum atomic E-state index is 5.73. The van der Waals surface area contributed by atoms with Gasteiger partial charge in [0.05, 0.1) is 67.6 Å². The Labute approximate surface area is 746 Å². The maximum absolute atomic E-state index is 5.73. The molecule has 8 nitrogen and oxygen atoms in total. The molecule has 7 aromatic heterocycles. The van der Waals surface area contributed by atoms with E-state index in [9.17, 15) is 0 Å². The number of aryl methyl sites for hydroxylation is 12. The standard InChI is InChI=1S/C116H96N8.Zn/c1-61-53-65(5)103(66(6)54-61)91-41-35-85-31-33-87-37-43-93(123-115(87)113(85)121-91)107-77(17)73(13)89(74(14)78(107)18)39-25-81-21-27-83(28-22-81)109-95-45-49-99(117-95)111(105-69(9)57-63(3)58-70(105)10)101-51-47-97(119-101)110(98-48-52-102(120-98)112(100-50-46-96(109)118-100)106-71(11)59-64(4)60-72(106)12)84-29-23-82(24-30-84)26-40-90-75(15)79(19)108(80(20)76(90)16)94-44-38-88-34-32-86-36-42-92(122-114(86)116(88)124-94)104-67(7)55-62(2)56-68(104)8;/h21-24,27-38,41-60H,1-20H3;/q-2;+2. The van der Waals surface area contributed by atoms with Crippen molar-refractivity contribution in [2.75, 3.05) is 0 Å². The molecule has 0 unspecified atom stereocenters. The van der Waals surface area contributed by atoms with Crippen LogP contribution >= 0.6 is 0 Å². The Morgan fingerprint density at radius 2 is 0.440 bits per heavy atom. The summed E-state index contributed by atoms with van der Waals surface area (Å²) in [5.41, 5.74) is 53.5. The molecule has 0 radical (unpaired) electrons. The molecule has 0 aliphatic carbocycles. The summed E-state index contributed by atoms with van der Waals surface area (Å²) < 4.78 is 0. The second-order valence-corrected chi connectivity index (χ2v) is 34.8. The normalized spacial score (nSPS) is 11.7. The first kappa shape index (κ1) is 82.2. The Hall–Kier alpha value is -13.8. The van der Waals surface area contributed by atoms with Crippen LogP contribution in [-0.2, 0) is 19.5 Å². The van der Waals surface area contributed by atoms with Crippen molar-refractivity contribution in [3.8, 4) is 113 Å². The van der Waals surface area contributed by atoms with Crippen LogP contribution in [0.4, 0.5) is 0 Å². The monoisotopic (exact) mass is 1660 g/mol. The zero-order valence-corrected chi connectivity index (χ0v) is 78.0. The Balaban J connectivity index is 0.0000106. The van der Waals surface area contributed by atoms with Gasteiger partial charge in [0, 0.05) is 66.1 Å². The van der Waals surface area contributed by atoms with Crippen LogP contribution in [0.1, 0.15) is 156 Å². The van der Waals surface area contributed by atoms with Gasteiger partial charge in [-0.3, -0.25) is 0 Å². The van der Waals surface area contributed by atoms with Gasteiger partial charge in [0.15, 0.2) is 0 Å². The number of nitrogens with zero attached hydrogens (tertiary/aromatic N) is 8. The van der Waals surface area contributed by atoms with Crippen LogP contribution in [0.25, 0.3) is 180 Å². The molecule has 10 aromatic carbocycles. The summed E-state index contributed by atoms with van der Waals surface area (Å²) in [5.74, 6) is 14.6. The summed E-state index contributed by atoms with van der Waals surface area (Å²) in [6, 6.07) is 69.9. The molecular weight excluding hydrogens is 1570 g/mol. The molecule has 17 aromatic rings. The van der Waals surface area contributed by atoms with E-state index in [0.717, 1.165) is 256 Å². The summed E-state index contributed by atoms with van der Waals surface area (Å²) in [6.45, 7) is 43.8. The van der Waals surface area contributed by atoms with Gasteiger partial charge in [0.25, 0.3) is 0 Å². The number of benzene rings is 10. The van der Waals surface area contributed by atoms with Crippen molar-refractivity contribution in [3.63, 3.8) is 0 Å². The first-order valence-corrected chi connectivity index (χ1v) is 42.9. The maximum Gasteiger partial charge on any atom is 2.00 e. The molecule has 2 aliphatic rings. The van der Waals surface area contributed by atoms with E-state index in [0.29, 0.717) is 0 Å². The van der Waals surface area contributed by atoms with Gasteiger partial charge in [-0.2, -0.15) is 0 Å². The number of aromatic nitrogens is 8. The van der Waals surface area contributed by atoms with Crippen molar-refractivity contribution in [3.05, 3.63) is 350 Å². The number of hydrogen-bond acceptors (Lipinski definition) is 6. The van der Waals surface area contributed by atoms with E-state index in [1.165, 1.54) is 55.6 Å². The van der Waals surface area contributed by atoms with Crippen LogP contribution < -0.4 is 9.97 Å². The summed E-state index contributed by atoms with van der Waals surface area (Å²) in [6.07, 6.45) is 8.63. The summed E-state index contributed by atoms with van der Waals surface area (Å²) in [7, 11) is 0. The van der Waals surface area contributed by atoms with E-state index in [1.54, 1.807) is 0 Å². The largest absolute Gasteiger partial charge is 2.00 e. The zero-order chi connectivity index (χ0) is 86.3. The molecule has 0 fully saturated rings. The molecule has 0 saturated carbocycles. The quantitative estimate of drug-likeness (QED) is 0.0842. The van der Waals surface area contributed by atoms with Crippen LogP contribution in [0.5, 0.6) is 0 Å². The second-order valence-electron chi connectivity index (χ2n) is 34.8. The molecule has 9 heteroatoms. The fraction of sp³-hybridized carbons (Fsp3) is 0.172. The third-order valence-corrected chi connectivity index (χ3v) is 26.1. The van der Waals surface area contributed by atoms with Crippen molar-refractivity contribution in [2.24, 2.45) is 0 Å². The van der Waals surface area contributed by atoms with Crippen LogP contribution in [0.3, 0.4) is 0 Å². The van der Waals surface area contributed by atoms with Crippen molar-refractivity contribution in [2.45, 2.75) is 138 Å². The molecule has 2 aliphatic heterocycles. The molecule has 19 rings (SSSR count). The van der Waals surface area contributed by atoms with Gasteiger partial charge in [-0.25, -0.2) is 29.9 Å². The molecule has 0 saturated heterocycles. The first-order chi connectivity index (χ1) is 59.7. The topological polar surface area (TPSA) is 106 Å². The Morgan fingerprint density at radius 1 is 0.208 bits per heavy atom. The molecule has 0 N–H and O–H groups in total. The Kier molecular flexibility index (Phi) is 21.1. The molecule has 125 heavy (non-hydrogen) atoms. The van der Waals surface area contributed by atoms with Crippen molar-refractivity contribution >= 4 is 90.0 Å². The molecular formula is C116H96N8Zn. The van der Waals surface area contributed by atoms with E-state index in [2.05, 4.69) is 381 Å². The van der Waals surface area contributed by atoms with Crippen LogP contribution in [0.15, 0.2) is 194 Å². The Morgan fingerprint density at radius 3 is 0.712 bits per heavy atom. The second kappa shape index (κ2) is 32.1. The van der Waals surface area contributed by atoms with E-state index >= 15 is 0 Å². The fourth-order valence-electron chi connectivity index (χ4n) is 20.1. The van der Waals surface area contributed by atoms with Gasteiger partial charge in [0.2, 0.25) is 0 Å². The molecule has 602 valence electrons. The van der Waals surface area contributed by atoms with Crippen molar-refractivity contribution in [1.82, 2.24) is 39.9 Å². The smallest absolute Gasteiger partial charge is 0.657 e. The van der Waals surface area contributed by atoms with Crippen LogP contribution in [0.2, 0.25) is 0 Å². The van der Waals surface area contributed by atoms with Crippen molar-refractivity contribution < 1.29 is 19.5 Å². The molecule has 0 atom stereocenters. The van der Waals surface area contributed by atoms with Crippen LogP contribution in [0, 0.1) is 162 Å². The minimum Gasteiger partial charge on any atom is -0.657 e. The van der Waals surface area contributed by atoms with E-state index < -0.39 is 0 Å².